The van der Waals surface area contributed by atoms with Gasteiger partial charge in [0.15, 0.2) is 0 Å². The number of esters is 1. The number of hydrogen-bond acceptors (Lipinski definition) is 4. The van der Waals surface area contributed by atoms with Crippen molar-refractivity contribution in [3.05, 3.63) is 11.9 Å². The summed E-state index contributed by atoms with van der Waals surface area (Å²) in [7, 11) is 0. The van der Waals surface area contributed by atoms with Gasteiger partial charge < -0.3 is 15.4 Å². The summed E-state index contributed by atoms with van der Waals surface area (Å²) in [6.07, 6.45) is 4.92. The molecule has 0 spiro atoms. The molecule has 0 unspecified atom stereocenters. The van der Waals surface area contributed by atoms with Gasteiger partial charge in [-0.15, -0.1) is 0 Å². The van der Waals surface area contributed by atoms with Gasteiger partial charge in [0.2, 0.25) is 0 Å². The van der Waals surface area contributed by atoms with E-state index in [9.17, 15) is 4.79 Å². The first-order valence-corrected chi connectivity index (χ1v) is 5.13. The minimum atomic E-state index is -0.351. The highest BCUT2D eigenvalue weighted by atomic mass is 16.5. The van der Waals surface area contributed by atoms with Crippen molar-refractivity contribution in [3.63, 3.8) is 0 Å². The van der Waals surface area contributed by atoms with Crippen molar-refractivity contribution in [2.45, 2.75) is 26.2 Å². The van der Waals surface area contributed by atoms with Crippen molar-refractivity contribution >= 4 is 5.97 Å². The molecule has 4 heteroatoms. The topological polar surface area (TPSA) is 55.6 Å². The lowest BCUT2D eigenvalue weighted by atomic mass is 10.1. The quantitative estimate of drug-likeness (QED) is 0.539. The van der Waals surface area contributed by atoms with E-state index in [0.717, 1.165) is 25.9 Å². The van der Waals surface area contributed by atoms with Gasteiger partial charge in [0.1, 0.15) is 5.82 Å². The highest BCUT2D eigenvalue weighted by Gasteiger charge is 2.11. The number of hydrogen-bond donors (Lipinski definition) is 1. The van der Waals surface area contributed by atoms with Crippen molar-refractivity contribution in [1.29, 1.82) is 0 Å². The largest absolute Gasteiger partial charge is 0.463 e. The van der Waals surface area contributed by atoms with Crippen molar-refractivity contribution in [2.24, 2.45) is 5.73 Å². The maximum Gasteiger partial charge on any atom is 0.334 e. The van der Waals surface area contributed by atoms with E-state index in [1.165, 1.54) is 12.5 Å². The summed E-state index contributed by atoms with van der Waals surface area (Å²) in [6.45, 7) is 4.06. The molecule has 14 heavy (non-hydrogen) atoms. The molecule has 0 atom stereocenters. The Labute approximate surface area is 84.7 Å². The van der Waals surface area contributed by atoms with Crippen molar-refractivity contribution in [1.82, 2.24) is 4.90 Å². The van der Waals surface area contributed by atoms with Gasteiger partial charge >= 0.3 is 5.97 Å². The van der Waals surface area contributed by atoms with Crippen LogP contribution >= 0.6 is 0 Å². The molecule has 1 rings (SSSR count). The van der Waals surface area contributed by atoms with Crippen LogP contribution in [0.3, 0.4) is 0 Å². The molecule has 0 aromatic heterocycles. The molecular weight excluding hydrogens is 180 g/mol. The minimum absolute atomic E-state index is 0.351. The van der Waals surface area contributed by atoms with E-state index >= 15 is 0 Å². The maximum atomic E-state index is 11.1. The summed E-state index contributed by atoms with van der Waals surface area (Å²) in [5.41, 5.74) is 5.77. The van der Waals surface area contributed by atoms with E-state index in [4.69, 9.17) is 10.5 Å². The predicted molar refractivity (Wildman–Crippen MR) is 54.3 cm³/mol. The lowest BCUT2D eigenvalue weighted by molar-refractivity contribution is -0.137. The number of nitrogens with zero attached hydrogens (tertiary/aromatic N) is 1. The highest BCUT2D eigenvalue weighted by molar-refractivity contribution is 5.82. The number of carbonyl (C=O) groups excluding carboxylic acids is 1. The van der Waals surface area contributed by atoms with Gasteiger partial charge in [-0.2, -0.15) is 0 Å². The average molecular weight is 198 g/mol. The average Bonchev–Trinajstić information content (AvgIpc) is 2.19. The second-order valence-electron chi connectivity index (χ2n) is 3.37. The van der Waals surface area contributed by atoms with Gasteiger partial charge in [0.25, 0.3) is 0 Å². The summed E-state index contributed by atoms with van der Waals surface area (Å²) in [4.78, 5) is 13.1. The predicted octanol–water partition coefficient (Wildman–Crippen LogP) is 0.835. The Bertz CT molecular complexity index is 220. The summed E-state index contributed by atoms with van der Waals surface area (Å²) < 4.78 is 4.78. The molecule has 0 amide bonds. The molecule has 80 valence electrons. The smallest absolute Gasteiger partial charge is 0.334 e. The van der Waals surface area contributed by atoms with Crippen LogP contribution in [0.2, 0.25) is 0 Å². The van der Waals surface area contributed by atoms with E-state index in [0.29, 0.717) is 12.4 Å². The number of nitrogens with two attached hydrogens (primary N) is 1. The van der Waals surface area contributed by atoms with Crippen molar-refractivity contribution in [2.75, 3.05) is 19.7 Å². The molecule has 0 aromatic rings. The molecule has 1 aliphatic heterocycles. The zero-order valence-electron chi connectivity index (χ0n) is 8.66. The summed E-state index contributed by atoms with van der Waals surface area (Å²) in [6, 6.07) is 0. The van der Waals surface area contributed by atoms with Crippen LogP contribution in [0.25, 0.3) is 0 Å². The van der Waals surface area contributed by atoms with Gasteiger partial charge in [0, 0.05) is 13.1 Å². The molecule has 1 aliphatic rings. The van der Waals surface area contributed by atoms with Gasteiger partial charge in [-0.05, 0) is 26.2 Å². The number of rotatable bonds is 3. The van der Waals surface area contributed by atoms with Gasteiger partial charge in [-0.3, -0.25) is 0 Å². The first-order valence-electron chi connectivity index (χ1n) is 5.13. The van der Waals surface area contributed by atoms with E-state index in [2.05, 4.69) is 0 Å². The van der Waals surface area contributed by atoms with Gasteiger partial charge in [0.05, 0.1) is 12.7 Å². The molecule has 4 nitrogen and oxygen atoms in total. The van der Waals surface area contributed by atoms with Gasteiger partial charge in [-0.1, -0.05) is 0 Å². The summed E-state index contributed by atoms with van der Waals surface area (Å²) in [5.74, 6) is 0.179. The second-order valence-corrected chi connectivity index (χ2v) is 3.37. The third-order valence-electron chi connectivity index (χ3n) is 2.27. The molecule has 0 radical (unpaired) electrons. The Hall–Kier alpha value is -1.19. The fourth-order valence-electron chi connectivity index (χ4n) is 1.55. The molecule has 0 bridgehead atoms. The fraction of sp³-hybridized carbons (Fsp3) is 0.700. The normalized spacial score (nSPS) is 18.1. The van der Waals surface area contributed by atoms with Crippen LogP contribution in [-0.2, 0) is 9.53 Å². The van der Waals surface area contributed by atoms with Crippen LogP contribution in [0.5, 0.6) is 0 Å². The zero-order valence-corrected chi connectivity index (χ0v) is 8.66. The standard InChI is InChI=1S/C10H18N2O2/c1-2-14-10(13)8-9(11)12-6-4-3-5-7-12/h8H,2-7,11H2,1H3/b9-8+. The first-order chi connectivity index (χ1) is 6.74. The van der Waals surface area contributed by atoms with E-state index in [-0.39, 0.29) is 5.97 Å². The van der Waals surface area contributed by atoms with Crippen LogP contribution in [-0.4, -0.2) is 30.6 Å². The highest BCUT2D eigenvalue weighted by Crippen LogP contribution is 2.11. The fourth-order valence-corrected chi connectivity index (χ4v) is 1.55. The van der Waals surface area contributed by atoms with Crippen LogP contribution in [0.4, 0.5) is 0 Å². The van der Waals surface area contributed by atoms with E-state index in [1.54, 1.807) is 6.92 Å². The molecule has 1 heterocycles. The Morgan fingerprint density at radius 3 is 2.64 bits per heavy atom. The van der Waals surface area contributed by atoms with Crippen LogP contribution < -0.4 is 5.73 Å². The Morgan fingerprint density at radius 1 is 1.43 bits per heavy atom. The second kappa shape index (κ2) is 5.52. The van der Waals surface area contributed by atoms with Crippen LogP contribution in [0, 0.1) is 0 Å². The van der Waals surface area contributed by atoms with E-state index < -0.39 is 0 Å². The maximum absolute atomic E-state index is 11.1. The molecule has 0 saturated carbocycles. The summed E-state index contributed by atoms with van der Waals surface area (Å²) in [5, 5.41) is 0. The summed E-state index contributed by atoms with van der Waals surface area (Å²) >= 11 is 0. The molecule has 1 saturated heterocycles. The third kappa shape index (κ3) is 3.28. The van der Waals surface area contributed by atoms with Crippen molar-refractivity contribution in [3.8, 4) is 0 Å². The van der Waals surface area contributed by atoms with Crippen LogP contribution in [0.1, 0.15) is 26.2 Å². The molecular formula is C10H18N2O2. The SMILES string of the molecule is CCOC(=O)/C=C(\N)N1CCCCC1. The van der Waals surface area contributed by atoms with Gasteiger partial charge in [-0.25, -0.2) is 4.79 Å². The molecule has 2 N–H and O–H groups in total. The Kier molecular flexibility index (Phi) is 4.29. The molecule has 0 aliphatic carbocycles. The molecule has 0 aromatic carbocycles. The van der Waals surface area contributed by atoms with Crippen molar-refractivity contribution < 1.29 is 9.53 Å². The molecule has 1 fully saturated rings. The number of ether oxygens (including phenoxy) is 1. The first kappa shape index (κ1) is 10.9. The zero-order chi connectivity index (χ0) is 10.4. The minimum Gasteiger partial charge on any atom is -0.463 e. The number of carbonyl (C=O) groups is 1. The lowest BCUT2D eigenvalue weighted by Gasteiger charge is -2.28. The van der Waals surface area contributed by atoms with Crippen LogP contribution in [0.15, 0.2) is 11.9 Å². The lowest BCUT2D eigenvalue weighted by Crippen LogP contribution is -2.33. The van der Waals surface area contributed by atoms with E-state index in [1.807, 2.05) is 4.90 Å². The third-order valence-corrected chi connectivity index (χ3v) is 2.27. The number of piperidine rings is 1. The monoisotopic (exact) mass is 198 g/mol. The Morgan fingerprint density at radius 2 is 2.07 bits per heavy atom. The number of likely N-dealkylation sites (tertiary alicyclic amines) is 1. The Balaban J connectivity index is 2.44.